The lowest BCUT2D eigenvalue weighted by Gasteiger charge is -2.41. The van der Waals surface area contributed by atoms with Crippen molar-refractivity contribution in [2.75, 3.05) is 6.54 Å². The maximum atomic E-state index is 13.7. The Hall–Kier alpha value is -2.32. The molecule has 3 aromatic carbocycles. The van der Waals surface area contributed by atoms with Crippen molar-refractivity contribution < 1.29 is 18.3 Å². The molecule has 5 nitrogen and oxygen atoms in total. The van der Waals surface area contributed by atoms with Gasteiger partial charge in [-0.2, -0.15) is 16.1 Å². The van der Waals surface area contributed by atoms with Gasteiger partial charge in [-0.05, 0) is 48.7 Å². The van der Waals surface area contributed by atoms with Crippen molar-refractivity contribution in [3.8, 4) is 0 Å². The zero-order valence-electron chi connectivity index (χ0n) is 18.7. The zero-order chi connectivity index (χ0) is 24.3. The smallest absolute Gasteiger partial charge is 0.308 e. The van der Waals surface area contributed by atoms with Gasteiger partial charge in [0.15, 0.2) is 0 Å². The molecule has 34 heavy (non-hydrogen) atoms. The summed E-state index contributed by atoms with van der Waals surface area (Å²) < 4.78 is 28.7. The molecule has 0 amide bonds. The number of rotatable bonds is 7. The molecule has 0 unspecified atom stereocenters. The van der Waals surface area contributed by atoms with Gasteiger partial charge < -0.3 is 5.11 Å². The van der Waals surface area contributed by atoms with Crippen LogP contribution in [0.5, 0.6) is 0 Å². The van der Waals surface area contributed by atoms with Gasteiger partial charge >= 0.3 is 5.97 Å². The van der Waals surface area contributed by atoms with Crippen LogP contribution in [0.4, 0.5) is 0 Å². The molecule has 0 radical (unpaired) electrons. The molecule has 0 saturated carbocycles. The maximum Gasteiger partial charge on any atom is 0.308 e. The summed E-state index contributed by atoms with van der Waals surface area (Å²) >= 11 is 7.54. The minimum Gasteiger partial charge on any atom is -0.481 e. The Balaban J connectivity index is 1.67. The van der Waals surface area contributed by atoms with Crippen molar-refractivity contribution in [2.45, 2.75) is 35.3 Å². The molecular weight excluding hydrogens is 490 g/mol. The number of piperidine rings is 1. The second-order valence-corrected chi connectivity index (χ2v) is 12.0. The zero-order valence-corrected chi connectivity index (χ0v) is 21.1. The first-order valence-corrected chi connectivity index (χ1v) is 13.8. The summed E-state index contributed by atoms with van der Waals surface area (Å²) in [6.45, 7) is 1.82. The maximum absolute atomic E-state index is 13.7. The minimum atomic E-state index is -3.89. The van der Waals surface area contributed by atoms with Crippen LogP contribution in [0.2, 0.25) is 5.02 Å². The highest BCUT2D eigenvalue weighted by Gasteiger charge is 2.45. The van der Waals surface area contributed by atoms with Gasteiger partial charge in [-0.1, -0.05) is 71.8 Å². The van der Waals surface area contributed by atoms with Gasteiger partial charge in [0.25, 0.3) is 0 Å². The normalized spacial score (nSPS) is 21.3. The van der Waals surface area contributed by atoms with E-state index in [2.05, 4.69) is 0 Å². The molecule has 1 heterocycles. The lowest BCUT2D eigenvalue weighted by molar-refractivity contribution is -0.143. The van der Waals surface area contributed by atoms with Crippen LogP contribution in [0.3, 0.4) is 0 Å². The number of aliphatic carboxylic acids is 1. The fourth-order valence-electron chi connectivity index (χ4n) is 4.23. The Kier molecular flexibility index (Phi) is 7.67. The average molecular weight is 516 g/mol. The van der Waals surface area contributed by atoms with E-state index in [1.54, 1.807) is 36.0 Å². The minimum absolute atomic E-state index is 0.0800. The molecular formula is C26H26ClNO4S2. The molecule has 4 rings (SSSR count). The number of carbonyl (C=O) groups is 1. The first kappa shape index (κ1) is 24.8. The number of carboxylic acid groups (broad SMARTS) is 1. The number of sulfonamides is 1. The standard InChI is InChI=1S/C26H26ClNO4S2/c1-18-7-13-22(14-8-18)34(31,32)28-16-23(26(29)30)25(15-24(28)20-5-3-2-4-6-20)33-17-19-9-11-21(27)12-10-19/h2-14,23-25H,15-17H2,1H3,(H,29,30)/t23-,24+,25-/m1/s1. The number of carboxylic acids is 1. The molecule has 3 aromatic rings. The molecule has 0 aliphatic carbocycles. The van der Waals surface area contributed by atoms with Crippen molar-refractivity contribution in [2.24, 2.45) is 5.92 Å². The fourth-order valence-corrected chi connectivity index (χ4v) is 7.36. The molecule has 1 N–H and O–H groups in total. The molecule has 0 bridgehead atoms. The molecule has 178 valence electrons. The molecule has 1 fully saturated rings. The van der Waals surface area contributed by atoms with Crippen molar-refractivity contribution >= 4 is 39.4 Å². The largest absolute Gasteiger partial charge is 0.481 e. The summed E-state index contributed by atoms with van der Waals surface area (Å²) in [5.74, 6) is -1.18. The third kappa shape index (κ3) is 5.49. The Morgan fingerprint density at radius 3 is 2.29 bits per heavy atom. The second kappa shape index (κ2) is 10.5. The number of aryl methyl sites for hydroxylation is 1. The SMILES string of the molecule is Cc1ccc(S(=O)(=O)N2C[C@@H](C(=O)O)[C@H](SCc3ccc(Cl)cc3)C[C@H]2c2ccccc2)cc1. The third-order valence-electron chi connectivity index (χ3n) is 6.14. The van der Waals surface area contributed by atoms with E-state index in [9.17, 15) is 18.3 Å². The van der Waals surface area contributed by atoms with Gasteiger partial charge in [-0.25, -0.2) is 8.42 Å². The molecule has 3 atom stereocenters. The molecule has 1 saturated heterocycles. The number of hydrogen-bond donors (Lipinski definition) is 1. The highest BCUT2D eigenvalue weighted by molar-refractivity contribution is 7.99. The fraction of sp³-hybridized carbons (Fsp3) is 0.269. The van der Waals surface area contributed by atoms with E-state index < -0.39 is 28.0 Å². The summed E-state index contributed by atoms with van der Waals surface area (Å²) in [7, 11) is -3.89. The van der Waals surface area contributed by atoms with Crippen LogP contribution < -0.4 is 0 Å². The second-order valence-electron chi connectivity index (χ2n) is 8.47. The van der Waals surface area contributed by atoms with Crippen molar-refractivity contribution in [1.82, 2.24) is 4.31 Å². The van der Waals surface area contributed by atoms with E-state index in [0.717, 1.165) is 16.7 Å². The van der Waals surface area contributed by atoms with Crippen LogP contribution in [-0.4, -0.2) is 35.6 Å². The monoisotopic (exact) mass is 515 g/mol. The number of benzene rings is 3. The Morgan fingerprint density at radius 1 is 1.03 bits per heavy atom. The summed E-state index contributed by atoms with van der Waals surface area (Å²) in [4.78, 5) is 12.4. The van der Waals surface area contributed by atoms with Crippen molar-refractivity contribution in [3.63, 3.8) is 0 Å². The lowest BCUT2D eigenvalue weighted by atomic mass is 9.90. The average Bonchev–Trinajstić information content (AvgIpc) is 2.84. The number of nitrogens with zero attached hydrogens (tertiary/aromatic N) is 1. The molecule has 8 heteroatoms. The first-order valence-electron chi connectivity index (χ1n) is 11.0. The Labute approximate surface area is 209 Å². The van der Waals surface area contributed by atoms with Crippen molar-refractivity contribution in [1.29, 1.82) is 0 Å². The predicted octanol–water partition coefficient (Wildman–Crippen LogP) is 5.79. The summed E-state index contributed by atoms with van der Waals surface area (Å²) in [5.41, 5.74) is 2.86. The highest BCUT2D eigenvalue weighted by Crippen LogP contribution is 2.43. The Bertz CT molecular complexity index is 1230. The molecule has 1 aliphatic rings. The number of thioether (sulfide) groups is 1. The summed E-state index contributed by atoms with van der Waals surface area (Å²) in [6.07, 6.45) is 0.407. The van der Waals surface area contributed by atoms with Crippen LogP contribution in [0, 0.1) is 12.8 Å². The van der Waals surface area contributed by atoms with Gasteiger partial charge in [0.2, 0.25) is 10.0 Å². The van der Waals surface area contributed by atoms with E-state index in [0.29, 0.717) is 17.2 Å². The third-order valence-corrected chi connectivity index (χ3v) is 9.73. The van der Waals surface area contributed by atoms with Gasteiger partial charge in [0.1, 0.15) is 0 Å². The first-order chi connectivity index (χ1) is 16.3. The quantitative estimate of drug-likeness (QED) is 0.431. The van der Waals surface area contributed by atoms with E-state index in [-0.39, 0.29) is 16.7 Å². The van der Waals surface area contributed by atoms with Crippen LogP contribution in [0.25, 0.3) is 0 Å². The van der Waals surface area contributed by atoms with E-state index in [1.807, 2.05) is 61.5 Å². The van der Waals surface area contributed by atoms with Gasteiger partial charge in [0.05, 0.1) is 16.9 Å². The van der Waals surface area contributed by atoms with Crippen LogP contribution >= 0.6 is 23.4 Å². The van der Waals surface area contributed by atoms with E-state index in [1.165, 1.54) is 4.31 Å². The molecule has 1 aliphatic heterocycles. The summed E-state index contributed by atoms with van der Waals surface area (Å²) in [5, 5.41) is 10.4. The molecule has 0 spiro atoms. The lowest BCUT2D eigenvalue weighted by Crippen LogP contribution is -2.49. The molecule has 0 aromatic heterocycles. The predicted molar refractivity (Wildman–Crippen MR) is 137 cm³/mol. The van der Waals surface area contributed by atoms with E-state index >= 15 is 0 Å². The van der Waals surface area contributed by atoms with E-state index in [4.69, 9.17) is 11.6 Å². The summed E-state index contributed by atoms with van der Waals surface area (Å²) in [6, 6.07) is 23.2. The van der Waals surface area contributed by atoms with Gasteiger partial charge in [0, 0.05) is 22.6 Å². The van der Waals surface area contributed by atoms with Gasteiger partial charge in [-0.15, -0.1) is 0 Å². The topological polar surface area (TPSA) is 74.7 Å². The van der Waals surface area contributed by atoms with Gasteiger partial charge in [-0.3, -0.25) is 4.79 Å². The number of halogens is 1. The highest BCUT2D eigenvalue weighted by atomic mass is 35.5. The van der Waals surface area contributed by atoms with Crippen LogP contribution in [0.1, 0.15) is 29.2 Å². The van der Waals surface area contributed by atoms with Crippen molar-refractivity contribution in [3.05, 3.63) is 101 Å². The van der Waals surface area contributed by atoms with Crippen LogP contribution in [-0.2, 0) is 20.6 Å². The van der Waals surface area contributed by atoms with Crippen LogP contribution in [0.15, 0.2) is 83.8 Å². The Morgan fingerprint density at radius 2 is 1.68 bits per heavy atom. The number of hydrogen-bond acceptors (Lipinski definition) is 4.